The first-order valence-corrected chi connectivity index (χ1v) is 7.10. The second-order valence-electron chi connectivity index (χ2n) is 5.39. The van der Waals surface area contributed by atoms with E-state index in [-0.39, 0.29) is 6.61 Å². The van der Waals surface area contributed by atoms with Crippen LogP contribution in [0.25, 0.3) is 0 Å². The minimum absolute atomic E-state index is 0.109. The van der Waals surface area contributed by atoms with Gasteiger partial charge in [0.05, 0.1) is 0 Å². The van der Waals surface area contributed by atoms with Crippen LogP contribution in [0, 0.1) is 17.2 Å². The van der Waals surface area contributed by atoms with Crippen LogP contribution in [0.1, 0.15) is 38.2 Å². The fraction of sp³-hybridized carbons (Fsp3) is 0.562. The quantitative estimate of drug-likeness (QED) is 0.881. The smallest absolute Gasteiger partial charge is 0.174 e. The van der Waals surface area contributed by atoms with E-state index < -0.39 is 0 Å². The predicted molar refractivity (Wildman–Crippen MR) is 75.8 cm³/mol. The van der Waals surface area contributed by atoms with Crippen LogP contribution in [0.4, 0.5) is 0 Å². The van der Waals surface area contributed by atoms with Gasteiger partial charge in [0.1, 0.15) is 11.8 Å². The summed E-state index contributed by atoms with van der Waals surface area (Å²) >= 11 is 0. The Morgan fingerprint density at radius 2 is 2.00 bits per heavy atom. The van der Waals surface area contributed by atoms with E-state index in [4.69, 9.17) is 10.00 Å². The Morgan fingerprint density at radius 1 is 1.26 bits per heavy atom. The zero-order valence-electron chi connectivity index (χ0n) is 11.6. The molecule has 19 heavy (non-hydrogen) atoms. The van der Waals surface area contributed by atoms with Crippen LogP contribution in [-0.4, -0.2) is 12.6 Å². The third kappa shape index (κ3) is 4.25. The van der Waals surface area contributed by atoms with Crippen molar-refractivity contribution >= 4 is 0 Å². The highest BCUT2D eigenvalue weighted by atomic mass is 16.5. The van der Waals surface area contributed by atoms with Gasteiger partial charge in [-0.25, -0.2) is 0 Å². The lowest BCUT2D eigenvalue weighted by atomic mass is 9.87. The Labute approximate surface area is 115 Å². The van der Waals surface area contributed by atoms with Crippen molar-refractivity contribution in [1.29, 1.82) is 5.26 Å². The molecule has 1 aliphatic carbocycles. The molecule has 1 N–H and O–H groups in total. The van der Waals surface area contributed by atoms with E-state index in [0.29, 0.717) is 6.04 Å². The van der Waals surface area contributed by atoms with Crippen molar-refractivity contribution in [2.45, 2.75) is 45.2 Å². The van der Waals surface area contributed by atoms with Crippen molar-refractivity contribution in [3.8, 4) is 11.8 Å². The minimum Gasteiger partial charge on any atom is -0.478 e. The van der Waals surface area contributed by atoms with Crippen molar-refractivity contribution in [3.05, 3.63) is 29.8 Å². The number of hydrogen-bond acceptors (Lipinski definition) is 3. The Morgan fingerprint density at radius 3 is 2.74 bits per heavy atom. The highest BCUT2D eigenvalue weighted by Gasteiger charge is 2.17. The summed E-state index contributed by atoms with van der Waals surface area (Å²) in [4.78, 5) is 0. The molecule has 3 nitrogen and oxygen atoms in total. The standard InChI is InChI=1S/C16H22N2O/c1-13-6-8-15(9-7-13)18-12-14-4-2-3-5-16(14)19-11-10-17/h2-5,13,15,18H,6-9,11-12H2,1H3. The first-order valence-electron chi connectivity index (χ1n) is 7.10. The molecule has 0 aliphatic heterocycles. The molecule has 0 atom stereocenters. The molecule has 2 rings (SSSR count). The van der Waals surface area contributed by atoms with Gasteiger partial charge in [0, 0.05) is 18.2 Å². The maximum absolute atomic E-state index is 8.59. The van der Waals surface area contributed by atoms with E-state index in [0.717, 1.165) is 23.8 Å². The van der Waals surface area contributed by atoms with Gasteiger partial charge in [-0.2, -0.15) is 5.26 Å². The molecule has 1 aromatic carbocycles. The summed E-state index contributed by atoms with van der Waals surface area (Å²) in [5, 5.41) is 12.2. The molecule has 0 spiro atoms. The third-order valence-corrected chi connectivity index (χ3v) is 3.86. The maximum Gasteiger partial charge on any atom is 0.174 e. The van der Waals surface area contributed by atoms with Crippen LogP contribution in [0.5, 0.6) is 5.75 Å². The van der Waals surface area contributed by atoms with E-state index in [9.17, 15) is 0 Å². The molecule has 0 unspecified atom stereocenters. The lowest BCUT2D eigenvalue weighted by Gasteiger charge is -2.27. The van der Waals surface area contributed by atoms with Gasteiger partial charge in [0.15, 0.2) is 6.61 Å². The fourth-order valence-electron chi connectivity index (χ4n) is 2.62. The van der Waals surface area contributed by atoms with E-state index in [2.05, 4.69) is 18.3 Å². The van der Waals surface area contributed by atoms with Crippen molar-refractivity contribution in [3.63, 3.8) is 0 Å². The van der Waals surface area contributed by atoms with E-state index in [1.165, 1.54) is 25.7 Å². The molecule has 102 valence electrons. The normalized spacial score (nSPS) is 22.7. The molecule has 0 radical (unpaired) electrons. The second kappa shape index (κ2) is 7.16. The van der Waals surface area contributed by atoms with Crippen LogP contribution >= 0.6 is 0 Å². The summed E-state index contributed by atoms with van der Waals surface area (Å²) in [6, 6.07) is 10.6. The molecular weight excluding hydrogens is 236 g/mol. The van der Waals surface area contributed by atoms with E-state index >= 15 is 0 Å². The molecule has 3 heteroatoms. The van der Waals surface area contributed by atoms with Crippen molar-refractivity contribution in [2.75, 3.05) is 6.61 Å². The van der Waals surface area contributed by atoms with Crippen LogP contribution in [-0.2, 0) is 6.54 Å². The summed E-state index contributed by atoms with van der Waals surface area (Å²) in [7, 11) is 0. The predicted octanol–water partition coefficient (Wildman–Crippen LogP) is 3.26. The highest BCUT2D eigenvalue weighted by molar-refractivity contribution is 5.33. The summed E-state index contributed by atoms with van der Waals surface area (Å²) in [5.74, 6) is 1.70. The number of nitrogens with one attached hydrogen (secondary N) is 1. The van der Waals surface area contributed by atoms with Crippen LogP contribution in [0.15, 0.2) is 24.3 Å². The average Bonchev–Trinajstić information content (AvgIpc) is 2.45. The first kappa shape index (κ1) is 13.9. The Bertz CT molecular complexity index is 431. The molecule has 1 aromatic rings. The van der Waals surface area contributed by atoms with Crippen molar-refractivity contribution < 1.29 is 4.74 Å². The number of para-hydroxylation sites is 1. The lowest BCUT2D eigenvalue weighted by Crippen LogP contribution is -2.32. The zero-order chi connectivity index (χ0) is 13.5. The zero-order valence-corrected chi connectivity index (χ0v) is 11.6. The topological polar surface area (TPSA) is 45.0 Å². The Kier molecular flexibility index (Phi) is 5.23. The van der Waals surface area contributed by atoms with E-state index in [1.54, 1.807) is 0 Å². The minimum atomic E-state index is 0.109. The molecule has 0 bridgehead atoms. The summed E-state index contributed by atoms with van der Waals surface area (Å²) in [6.07, 6.45) is 5.18. The number of hydrogen-bond donors (Lipinski definition) is 1. The molecule has 0 saturated heterocycles. The molecular formula is C16H22N2O. The molecule has 1 aliphatic rings. The largest absolute Gasteiger partial charge is 0.478 e. The van der Waals surface area contributed by atoms with Crippen LogP contribution in [0.3, 0.4) is 0 Å². The average molecular weight is 258 g/mol. The second-order valence-corrected chi connectivity index (χ2v) is 5.39. The number of rotatable bonds is 5. The summed E-state index contributed by atoms with van der Waals surface area (Å²) < 4.78 is 5.44. The molecule has 0 aromatic heterocycles. The Hall–Kier alpha value is -1.53. The van der Waals surface area contributed by atoms with Crippen molar-refractivity contribution in [1.82, 2.24) is 5.32 Å². The van der Waals surface area contributed by atoms with Crippen LogP contribution < -0.4 is 10.1 Å². The fourth-order valence-corrected chi connectivity index (χ4v) is 2.62. The third-order valence-electron chi connectivity index (χ3n) is 3.86. The Balaban J connectivity index is 1.87. The lowest BCUT2D eigenvalue weighted by molar-refractivity contribution is 0.304. The number of nitrogens with zero attached hydrogens (tertiary/aromatic N) is 1. The van der Waals surface area contributed by atoms with Gasteiger partial charge in [-0.1, -0.05) is 25.1 Å². The van der Waals surface area contributed by atoms with Gasteiger partial charge < -0.3 is 10.1 Å². The van der Waals surface area contributed by atoms with E-state index in [1.807, 2.05) is 24.3 Å². The maximum atomic E-state index is 8.59. The monoisotopic (exact) mass is 258 g/mol. The number of benzene rings is 1. The summed E-state index contributed by atoms with van der Waals surface area (Å²) in [6.45, 7) is 3.26. The van der Waals surface area contributed by atoms with Gasteiger partial charge in [-0.05, 0) is 37.7 Å². The van der Waals surface area contributed by atoms with Gasteiger partial charge in [-0.15, -0.1) is 0 Å². The molecule has 0 heterocycles. The van der Waals surface area contributed by atoms with Crippen molar-refractivity contribution in [2.24, 2.45) is 5.92 Å². The number of ether oxygens (including phenoxy) is 1. The summed E-state index contributed by atoms with van der Waals surface area (Å²) in [5.41, 5.74) is 1.14. The SMILES string of the molecule is CC1CCC(NCc2ccccc2OCC#N)CC1. The number of nitriles is 1. The first-order chi connectivity index (χ1) is 9.29. The van der Waals surface area contributed by atoms with Crippen LogP contribution in [0.2, 0.25) is 0 Å². The highest BCUT2D eigenvalue weighted by Crippen LogP contribution is 2.24. The molecule has 0 amide bonds. The van der Waals surface area contributed by atoms with Gasteiger partial charge in [0.2, 0.25) is 0 Å². The van der Waals surface area contributed by atoms with Gasteiger partial charge in [-0.3, -0.25) is 0 Å². The van der Waals surface area contributed by atoms with Gasteiger partial charge >= 0.3 is 0 Å². The van der Waals surface area contributed by atoms with Gasteiger partial charge in [0.25, 0.3) is 0 Å². The molecule has 1 fully saturated rings. The molecule has 1 saturated carbocycles.